The van der Waals surface area contributed by atoms with E-state index in [1.165, 1.54) is 11.7 Å². The largest absolute Gasteiger partial charge is 0.436 e. The van der Waals surface area contributed by atoms with Gasteiger partial charge in [0, 0.05) is 7.05 Å². The van der Waals surface area contributed by atoms with Gasteiger partial charge in [-0.3, -0.25) is 4.68 Å². The second-order valence-corrected chi connectivity index (χ2v) is 4.61. The van der Waals surface area contributed by atoms with Gasteiger partial charge in [0.05, 0.1) is 16.2 Å². The minimum absolute atomic E-state index is 0.0389. The van der Waals surface area contributed by atoms with Gasteiger partial charge in [0.15, 0.2) is 5.69 Å². The SMILES string of the molecule is Cn1nc(C(F)(F)F)c(Br)c1C1CCCN1. The van der Waals surface area contributed by atoms with Gasteiger partial charge in [-0.2, -0.15) is 18.3 Å². The number of rotatable bonds is 1. The maximum absolute atomic E-state index is 12.6. The van der Waals surface area contributed by atoms with Crippen molar-refractivity contribution in [3.8, 4) is 0 Å². The van der Waals surface area contributed by atoms with Crippen molar-refractivity contribution in [1.82, 2.24) is 15.1 Å². The fourth-order valence-corrected chi connectivity index (χ4v) is 2.83. The topological polar surface area (TPSA) is 29.9 Å². The molecule has 2 heterocycles. The lowest BCUT2D eigenvalue weighted by Gasteiger charge is -2.11. The van der Waals surface area contributed by atoms with Crippen LogP contribution in [-0.2, 0) is 13.2 Å². The molecular weight excluding hydrogens is 287 g/mol. The quantitative estimate of drug-likeness (QED) is 0.864. The summed E-state index contributed by atoms with van der Waals surface area (Å²) in [6.07, 6.45) is -2.59. The van der Waals surface area contributed by atoms with E-state index in [0.29, 0.717) is 5.69 Å². The third kappa shape index (κ3) is 1.98. The highest BCUT2D eigenvalue weighted by Crippen LogP contribution is 2.39. The van der Waals surface area contributed by atoms with Gasteiger partial charge in [0.25, 0.3) is 0 Å². The van der Waals surface area contributed by atoms with Crippen LogP contribution >= 0.6 is 15.9 Å². The van der Waals surface area contributed by atoms with Crippen molar-refractivity contribution >= 4 is 15.9 Å². The van der Waals surface area contributed by atoms with Gasteiger partial charge in [-0.25, -0.2) is 0 Å². The Bertz CT molecular complexity index is 393. The second kappa shape index (κ2) is 4.03. The Labute approximate surface area is 99.1 Å². The summed E-state index contributed by atoms with van der Waals surface area (Å²) in [7, 11) is 1.54. The lowest BCUT2D eigenvalue weighted by molar-refractivity contribution is -0.142. The standard InChI is InChI=1S/C9H11BrF3N3/c1-16-7(5-3-2-4-14-5)6(10)8(15-16)9(11,12)13/h5,14H,2-4H2,1H3. The number of nitrogens with zero attached hydrogens (tertiary/aromatic N) is 2. The Morgan fingerprint density at radius 2 is 2.19 bits per heavy atom. The van der Waals surface area contributed by atoms with Crippen molar-refractivity contribution < 1.29 is 13.2 Å². The zero-order valence-electron chi connectivity index (χ0n) is 8.60. The van der Waals surface area contributed by atoms with Crippen molar-refractivity contribution in [2.45, 2.75) is 25.1 Å². The molecule has 90 valence electrons. The van der Waals surface area contributed by atoms with Crippen LogP contribution in [0, 0.1) is 0 Å². The number of aryl methyl sites for hydroxylation is 1. The van der Waals surface area contributed by atoms with Crippen LogP contribution < -0.4 is 5.32 Å². The van der Waals surface area contributed by atoms with Crippen LogP contribution in [0.4, 0.5) is 13.2 Å². The number of aromatic nitrogens is 2. The molecule has 1 fully saturated rings. The number of halogens is 4. The average molecular weight is 298 g/mol. The van der Waals surface area contributed by atoms with E-state index in [1.54, 1.807) is 0 Å². The highest BCUT2D eigenvalue weighted by Gasteiger charge is 2.39. The molecule has 1 aliphatic heterocycles. The maximum Gasteiger partial charge on any atom is 0.436 e. The predicted molar refractivity (Wildman–Crippen MR) is 55.9 cm³/mol. The van der Waals surface area contributed by atoms with Crippen molar-refractivity contribution in [3.05, 3.63) is 15.9 Å². The summed E-state index contributed by atoms with van der Waals surface area (Å²) in [5.74, 6) is 0. The number of hydrogen-bond acceptors (Lipinski definition) is 2. The molecule has 16 heavy (non-hydrogen) atoms. The van der Waals surface area contributed by atoms with Crippen LogP contribution in [0.15, 0.2) is 4.47 Å². The first kappa shape index (κ1) is 11.9. The van der Waals surface area contributed by atoms with Crippen molar-refractivity contribution in [3.63, 3.8) is 0 Å². The molecule has 1 aliphatic rings. The van der Waals surface area contributed by atoms with E-state index < -0.39 is 11.9 Å². The summed E-state index contributed by atoms with van der Waals surface area (Å²) in [5, 5.41) is 6.69. The van der Waals surface area contributed by atoms with Crippen LogP contribution in [0.2, 0.25) is 0 Å². The molecule has 1 saturated heterocycles. The van der Waals surface area contributed by atoms with Gasteiger partial charge in [-0.05, 0) is 35.3 Å². The van der Waals surface area contributed by atoms with Crippen molar-refractivity contribution in [1.29, 1.82) is 0 Å². The molecule has 0 aliphatic carbocycles. The van der Waals surface area contributed by atoms with E-state index in [4.69, 9.17) is 0 Å². The van der Waals surface area contributed by atoms with E-state index in [9.17, 15) is 13.2 Å². The van der Waals surface area contributed by atoms with E-state index in [-0.39, 0.29) is 10.5 Å². The molecular formula is C9H11BrF3N3. The van der Waals surface area contributed by atoms with E-state index in [2.05, 4.69) is 26.3 Å². The summed E-state index contributed by atoms with van der Waals surface area (Å²) in [6, 6.07) is -0.0389. The van der Waals surface area contributed by atoms with Crippen LogP contribution in [-0.4, -0.2) is 16.3 Å². The fraction of sp³-hybridized carbons (Fsp3) is 0.667. The molecule has 7 heteroatoms. The lowest BCUT2D eigenvalue weighted by atomic mass is 10.1. The number of nitrogens with one attached hydrogen (secondary N) is 1. The zero-order chi connectivity index (χ0) is 11.9. The molecule has 0 radical (unpaired) electrons. The molecule has 1 aromatic heterocycles. The third-order valence-electron chi connectivity index (χ3n) is 2.69. The monoisotopic (exact) mass is 297 g/mol. The molecule has 0 aromatic carbocycles. The minimum atomic E-state index is -4.41. The van der Waals surface area contributed by atoms with Gasteiger partial charge in [0.2, 0.25) is 0 Å². The smallest absolute Gasteiger partial charge is 0.309 e. The Morgan fingerprint density at radius 3 is 2.62 bits per heavy atom. The molecule has 0 saturated carbocycles. The minimum Gasteiger partial charge on any atom is -0.309 e. The summed E-state index contributed by atoms with van der Waals surface area (Å²) in [6.45, 7) is 0.837. The average Bonchev–Trinajstić information content (AvgIpc) is 2.72. The molecule has 1 atom stereocenters. The van der Waals surface area contributed by atoms with Crippen LogP contribution in [0.3, 0.4) is 0 Å². The summed E-state index contributed by atoms with van der Waals surface area (Å²) >= 11 is 3.00. The Hall–Kier alpha value is -0.560. The summed E-state index contributed by atoms with van der Waals surface area (Å²) in [5.41, 5.74) is -0.275. The van der Waals surface area contributed by atoms with E-state index in [1.807, 2.05) is 0 Å². The Balaban J connectivity index is 2.42. The molecule has 2 rings (SSSR count). The molecule has 0 amide bonds. The molecule has 3 nitrogen and oxygen atoms in total. The second-order valence-electron chi connectivity index (χ2n) is 3.82. The highest BCUT2D eigenvalue weighted by molar-refractivity contribution is 9.10. The third-order valence-corrected chi connectivity index (χ3v) is 3.47. The predicted octanol–water partition coefficient (Wildman–Crippen LogP) is 2.63. The normalized spacial score (nSPS) is 21.7. The van der Waals surface area contributed by atoms with Crippen LogP contribution in [0.5, 0.6) is 0 Å². The molecule has 0 spiro atoms. The van der Waals surface area contributed by atoms with Crippen LogP contribution in [0.25, 0.3) is 0 Å². The van der Waals surface area contributed by atoms with Gasteiger partial charge < -0.3 is 5.32 Å². The molecule has 1 N–H and O–H groups in total. The van der Waals surface area contributed by atoms with Crippen molar-refractivity contribution in [2.24, 2.45) is 7.05 Å². The first-order valence-electron chi connectivity index (χ1n) is 4.94. The van der Waals surface area contributed by atoms with Crippen LogP contribution in [0.1, 0.15) is 30.3 Å². The summed E-state index contributed by atoms with van der Waals surface area (Å²) < 4.78 is 39.2. The van der Waals surface area contributed by atoms with Gasteiger partial charge in [-0.15, -0.1) is 0 Å². The maximum atomic E-state index is 12.6. The number of alkyl halides is 3. The highest BCUT2D eigenvalue weighted by atomic mass is 79.9. The molecule has 0 bridgehead atoms. The first-order valence-corrected chi connectivity index (χ1v) is 5.73. The van der Waals surface area contributed by atoms with Gasteiger partial charge >= 0.3 is 6.18 Å². The fourth-order valence-electron chi connectivity index (χ4n) is 1.99. The zero-order valence-corrected chi connectivity index (χ0v) is 10.2. The summed E-state index contributed by atoms with van der Waals surface area (Å²) in [4.78, 5) is 0. The van der Waals surface area contributed by atoms with Gasteiger partial charge in [-0.1, -0.05) is 0 Å². The first-order chi connectivity index (χ1) is 7.41. The molecule has 1 aromatic rings. The van der Waals surface area contributed by atoms with Crippen molar-refractivity contribution in [2.75, 3.05) is 6.54 Å². The molecule has 1 unspecified atom stereocenters. The number of hydrogen-bond donors (Lipinski definition) is 1. The van der Waals surface area contributed by atoms with Gasteiger partial charge in [0.1, 0.15) is 0 Å². The Morgan fingerprint density at radius 1 is 1.50 bits per heavy atom. The van der Waals surface area contributed by atoms with E-state index >= 15 is 0 Å². The van der Waals surface area contributed by atoms with E-state index in [0.717, 1.165) is 19.4 Å². The lowest BCUT2D eigenvalue weighted by Crippen LogP contribution is -2.16. The Kier molecular flexibility index (Phi) is 3.00.